The van der Waals surface area contributed by atoms with E-state index in [-0.39, 0.29) is 11.7 Å². The third-order valence-corrected chi connectivity index (χ3v) is 3.99. The number of hydrogen-bond donors (Lipinski definition) is 1. The number of aryl methyl sites for hydroxylation is 1. The van der Waals surface area contributed by atoms with E-state index in [0.29, 0.717) is 6.54 Å². The first-order valence-electron chi connectivity index (χ1n) is 6.78. The van der Waals surface area contributed by atoms with Crippen LogP contribution >= 0.6 is 11.6 Å². The lowest BCUT2D eigenvalue weighted by molar-refractivity contribution is 0.529. The van der Waals surface area contributed by atoms with Gasteiger partial charge in [0.05, 0.1) is 0 Å². The molecule has 0 aromatic heterocycles. The van der Waals surface area contributed by atoms with E-state index < -0.39 is 0 Å². The van der Waals surface area contributed by atoms with Gasteiger partial charge in [0.1, 0.15) is 5.82 Å². The van der Waals surface area contributed by atoms with Gasteiger partial charge in [-0.05, 0) is 67.1 Å². The fourth-order valence-corrected chi connectivity index (χ4v) is 2.60. The molecule has 0 saturated carbocycles. The first-order chi connectivity index (χ1) is 9.60. The monoisotopic (exact) mass is 291 g/mol. The molecule has 2 rings (SSSR count). The zero-order valence-electron chi connectivity index (χ0n) is 11.6. The lowest BCUT2D eigenvalue weighted by atomic mass is 9.91. The van der Waals surface area contributed by atoms with E-state index in [1.165, 1.54) is 6.07 Å². The molecule has 0 spiro atoms. The van der Waals surface area contributed by atoms with Crippen LogP contribution in [0.4, 0.5) is 4.39 Å². The van der Waals surface area contributed by atoms with Crippen molar-refractivity contribution in [2.45, 2.75) is 19.8 Å². The van der Waals surface area contributed by atoms with Crippen LogP contribution in [0, 0.1) is 18.7 Å². The summed E-state index contributed by atoms with van der Waals surface area (Å²) >= 11 is 6.18. The summed E-state index contributed by atoms with van der Waals surface area (Å²) in [5.41, 5.74) is 9.09. The highest BCUT2D eigenvalue weighted by atomic mass is 35.5. The molecule has 0 saturated heterocycles. The van der Waals surface area contributed by atoms with Crippen LogP contribution in [0.1, 0.15) is 16.7 Å². The Labute approximate surface area is 124 Å². The SMILES string of the molecule is Cc1ccc(F)cc1CC(CN)Cc1ccccc1Cl. The van der Waals surface area contributed by atoms with Gasteiger partial charge in [0.2, 0.25) is 0 Å². The van der Waals surface area contributed by atoms with E-state index in [4.69, 9.17) is 17.3 Å². The normalized spacial score (nSPS) is 12.4. The summed E-state index contributed by atoms with van der Waals surface area (Å²) in [6.45, 7) is 2.55. The zero-order valence-corrected chi connectivity index (χ0v) is 12.3. The van der Waals surface area contributed by atoms with Crippen LogP contribution in [0.3, 0.4) is 0 Å². The molecule has 1 nitrogen and oxygen atoms in total. The molecular formula is C17H19ClFN. The average molecular weight is 292 g/mol. The van der Waals surface area contributed by atoms with E-state index in [2.05, 4.69) is 0 Å². The van der Waals surface area contributed by atoms with Gasteiger partial charge in [0.25, 0.3) is 0 Å². The van der Waals surface area contributed by atoms with Crippen LogP contribution < -0.4 is 5.73 Å². The molecule has 3 heteroatoms. The smallest absolute Gasteiger partial charge is 0.123 e. The van der Waals surface area contributed by atoms with Crippen molar-refractivity contribution in [2.24, 2.45) is 11.7 Å². The number of rotatable bonds is 5. The summed E-state index contributed by atoms with van der Waals surface area (Å²) in [6, 6.07) is 12.7. The molecule has 0 bridgehead atoms. The van der Waals surface area contributed by atoms with Crippen molar-refractivity contribution in [1.82, 2.24) is 0 Å². The van der Waals surface area contributed by atoms with E-state index >= 15 is 0 Å². The van der Waals surface area contributed by atoms with Crippen molar-refractivity contribution in [2.75, 3.05) is 6.54 Å². The van der Waals surface area contributed by atoms with Crippen molar-refractivity contribution in [1.29, 1.82) is 0 Å². The fourth-order valence-electron chi connectivity index (χ4n) is 2.38. The lowest BCUT2D eigenvalue weighted by Crippen LogP contribution is -2.20. The molecule has 0 aliphatic rings. The van der Waals surface area contributed by atoms with Gasteiger partial charge in [-0.15, -0.1) is 0 Å². The van der Waals surface area contributed by atoms with Gasteiger partial charge in [0, 0.05) is 5.02 Å². The highest BCUT2D eigenvalue weighted by Gasteiger charge is 2.13. The molecule has 0 aliphatic carbocycles. The van der Waals surface area contributed by atoms with Crippen LogP contribution in [0.25, 0.3) is 0 Å². The lowest BCUT2D eigenvalue weighted by Gasteiger charge is -2.17. The van der Waals surface area contributed by atoms with Crippen LogP contribution in [-0.4, -0.2) is 6.54 Å². The second kappa shape index (κ2) is 6.87. The molecule has 0 fully saturated rings. The maximum absolute atomic E-state index is 13.3. The highest BCUT2D eigenvalue weighted by Crippen LogP contribution is 2.22. The molecular weight excluding hydrogens is 273 g/mol. The molecule has 2 aromatic rings. The summed E-state index contributed by atoms with van der Waals surface area (Å²) in [4.78, 5) is 0. The Morgan fingerprint density at radius 2 is 1.80 bits per heavy atom. The van der Waals surface area contributed by atoms with Crippen molar-refractivity contribution < 1.29 is 4.39 Å². The fraction of sp³-hybridized carbons (Fsp3) is 0.294. The second-order valence-corrected chi connectivity index (χ2v) is 5.58. The molecule has 0 heterocycles. The maximum atomic E-state index is 13.3. The van der Waals surface area contributed by atoms with Crippen molar-refractivity contribution in [3.63, 3.8) is 0 Å². The highest BCUT2D eigenvalue weighted by molar-refractivity contribution is 6.31. The van der Waals surface area contributed by atoms with Gasteiger partial charge in [-0.3, -0.25) is 0 Å². The van der Waals surface area contributed by atoms with Gasteiger partial charge in [0.15, 0.2) is 0 Å². The topological polar surface area (TPSA) is 26.0 Å². The van der Waals surface area contributed by atoms with Crippen molar-refractivity contribution in [3.8, 4) is 0 Å². The molecule has 2 N–H and O–H groups in total. The van der Waals surface area contributed by atoms with Crippen LogP contribution in [-0.2, 0) is 12.8 Å². The zero-order chi connectivity index (χ0) is 14.5. The van der Waals surface area contributed by atoms with Gasteiger partial charge in [-0.2, -0.15) is 0 Å². The minimum atomic E-state index is -0.195. The predicted octanol–water partition coefficient (Wildman–Crippen LogP) is 4.15. The van der Waals surface area contributed by atoms with E-state index in [9.17, 15) is 4.39 Å². The quantitative estimate of drug-likeness (QED) is 0.880. The molecule has 0 amide bonds. The Bertz CT molecular complexity index is 583. The van der Waals surface area contributed by atoms with Crippen LogP contribution in [0.15, 0.2) is 42.5 Å². The molecule has 20 heavy (non-hydrogen) atoms. The Morgan fingerprint density at radius 1 is 1.10 bits per heavy atom. The van der Waals surface area contributed by atoms with Crippen LogP contribution in [0.5, 0.6) is 0 Å². The predicted molar refractivity (Wildman–Crippen MR) is 82.5 cm³/mol. The Balaban J connectivity index is 2.13. The molecule has 1 unspecified atom stereocenters. The summed E-state index contributed by atoms with van der Waals surface area (Å²) in [7, 11) is 0. The second-order valence-electron chi connectivity index (χ2n) is 5.17. The molecule has 1 atom stereocenters. The summed E-state index contributed by atoms with van der Waals surface area (Å²) < 4.78 is 13.3. The molecule has 0 radical (unpaired) electrons. The van der Waals surface area contributed by atoms with Gasteiger partial charge >= 0.3 is 0 Å². The third-order valence-electron chi connectivity index (χ3n) is 3.62. The minimum absolute atomic E-state index is 0.195. The van der Waals surface area contributed by atoms with Crippen LogP contribution in [0.2, 0.25) is 5.02 Å². The largest absolute Gasteiger partial charge is 0.330 e. The van der Waals surface area contributed by atoms with E-state index in [0.717, 1.165) is 34.6 Å². The van der Waals surface area contributed by atoms with Gasteiger partial charge < -0.3 is 5.73 Å². The van der Waals surface area contributed by atoms with Crippen molar-refractivity contribution in [3.05, 3.63) is 70.0 Å². The summed E-state index contributed by atoms with van der Waals surface area (Å²) in [5, 5.41) is 0.766. The van der Waals surface area contributed by atoms with E-state index in [1.807, 2.05) is 37.3 Å². The molecule has 106 valence electrons. The minimum Gasteiger partial charge on any atom is -0.330 e. The Hall–Kier alpha value is -1.38. The first-order valence-corrected chi connectivity index (χ1v) is 7.16. The van der Waals surface area contributed by atoms with Gasteiger partial charge in [-0.25, -0.2) is 4.39 Å². The number of halogens is 2. The summed E-state index contributed by atoms with van der Waals surface area (Å²) in [5.74, 6) is 0.0644. The number of benzene rings is 2. The Kier molecular flexibility index (Phi) is 5.16. The van der Waals surface area contributed by atoms with E-state index in [1.54, 1.807) is 6.07 Å². The number of hydrogen-bond acceptors (Lipinski definition) is 1. The average Bonchev–Trinajstić information content (AvgIpc) is 2.44. The maximum Gasteiger partial charge on any atom is 0.123 e. The first kappa shape index (κ1) is 15.0. The summed E-state index contributed by atoms with van der Waals surface area (Å²) in [6.07, 6.45) is 1.58. The van der Waals surface area contributed by atoms with Crippen molar-refractivity contribution >= 4 is 11.6 Å². The number of nitrogens with two attached hydrogens (primary N) is 1. The third kappa shape index (κ3) is 3.81. The standard InChI is InChI=1S/C17H19ClFN/c1-12-6-7-16(19)10-15(12)9-13(11-20)8-14-4-2-3-5-17(14)18/h2-7,10,13H,8-9,11,20H2,1H3. The molecule has 2 aromatic carbocycles. The van der Waals surface area contributed by atoms with Gasteiger partial charge in [-0.1, -0.05) is 35.9 Å². The molecule has 0 aliphatic heterocycles. The Morgan fingerprint density at radius 3 is 2.50 bits per heavy atom.